The van der Waals surface area contributed by atoms with Crippen molar-refractivity contribution < 1.29 is 0 Å². The monoisotopic (exact) mass is 241 g/mol. The van der Waals surface area contributed by atoms with E-state index in [4.69, 9.17) is 17.3 Å². The first-order valence-corrected chi connectivity index (χ1v) is 6.03. The molecule has 1 aromatic carbocycles. The number of halogens is 1. The summed E-state index contributed by atoms with van der Waals surface area (Å²) >= 11 is 6.27. The molecule has 0 radical (unpaired) electrons. The number of hydrogen-bond acceptors (Lipinski definition) is 3. The van der Waals surface area contributed by atoms with E-state index < -0.39 is 0 Å². The molecule has 4 heteroatoms. The molecule has 1 rings (SSSR count). The third kappa shape index (κ3) is 3.37. The Kier molecular flexibility index (Phi) is 5.60. The molecule has 0 fully saturated rings. The molecule has 0 heterocycles. The van der Waals surface area contributed by atoms with Gasteiger partial charge in [-0.2, -0.15) is 0 Å². The van der Waals surface area contributed by atoms with Crippen molar-refractivity contribution in [2.45, 2.75) is 25.7 Å². The van der Waals surface area contributed by atoms with Gasteiger partial charge in [-0.05, 0) is 43.0 Å². The van der Waals surface area contributed by atoms with Crippen molar-refractivity contribution >= 4 is 17.3 Å². The van der Waals surface area contributed by atoms with E-state index in [-0.39, 0.29) is 0 Å². The van der Waals surface area contributed by atoms with E-state index >= 15 is 0 Å². The van der Waals surface area contributed by atoms with E-state index in [0.29, 0.717) is 12.5 Å². The summed E-state index contributed by atoms with van der Waals surface area (Å²) in [6.45, 7) is 2.86. The van der Waals surface area contributed by atoms with Gasteiger partial charge in [0.2, 0.25) is 0 Å². The lowest BCUT2D eigenvalue weighted by atomic mass is 9.93. The van der Waals surface area contributed by atoms with E-state index in [1.807, 2.05) is 19.2 Å². The predicted octanol–water partition coefficient (Wildman–Crippen LogP) is 2.73. The molecule has 90 valence electrons. The zero-order chi connectivity index (χ0) is 12.0. The van der Waals surface area contributed by atoms with Crippen molar-refractivity contribution in [2.75, 3.05) is 19.0 Å². The van der Waals surface area contributed by atoms with E-state index in [9.17, 15) is 0 Å². The number of hydrazine groups is 1. The van der Waals surface area contributed by atoms with Crippen LogP contribution in [-0.2, 0) is 0 Å². The summed E-state index contributed by atoms with van der Waals surface area (Å²) in [6, 6.07) is 6.04. The summed E-state index contributed by atoms with van der Waals surface area (Å²) in [5.74, 6) is 0.459. The number of nitrogens with one attached hydrogen (secondary N) is 2. The fraction of sp³-hybridized carbons (Fsp3) is 0.500. The molecular weight excluding hydrogens is 222 g/mol. The van der Waals surface area contributed by atoms with Crippen molar-refractivity contribution in [3.05, 3.63) is 28.8 Å². The molecule has 16 heavy (non-hydrogen) atoms. The Morgan fingerprint density at radius 2 is 2.19 bits per heavy atom. The van der Waals surface area contributed by atoms with Gasteiger partial charge >= 0.3 is 0 Å². The Bertz CT molecular complexity index is 328. The molecule has 1 aromatic rings. The van der Waals surface area contributed by atoms with E-state index in [2.05, 4.69) is 23.8 Å². The predicted molar refractivity (Wildman–Crippen MR) is 70.8 cm³/mol. The zero-order valence-electron chi connectivity index (χ0n) is 9.89. The summed E-state index contributed by atoms with van der Waals surface area (Å²) in [5, 5.41) is 0.806. The quantitative estimate of drug-likeness (QED) is 0.672. The highest BCUT2D eigenvalue weighted by Crippen LogP contribution is 2.31. The van der Waals surface area contributed by atoms with Crippen LogP contribution in [0.15, 0.2) is 18.2 Å². The van der Waals surface area contributed by atoms with Gasteiger partial charge in [-0.15, -0.1) is 0 Å². The van der Waals surface area contributed by atoms with Gasteiger partial charge in [-0.3, -0.25) is 0 Å². The second-order valence-corrected chi connectivity index (χ2v) is 4.20. The SMILES string of the molecule is CCC(CCN)c1ccc(NNC)cc1Cl. The zero-order valence-corrected chi connectivity index (χ0v) is 10.6. The maximum absolute atomic E-state index is 6.27. The van der Waals surface area contributed by atoms with Crippen LogP contribution in [0.25, 0.3) is 0 Å². The van der Waals surface area contributed by atoms with Crippen molar-refractivity contribution in [1.29, 1.82) is 0 Å². The van der Waals surface area contributed by atoms with Crippen LogP contribution in [0.2, 0.25) is 5.02 Å². The molecule has 1 atom stereocenters. The molecule has 0 aromatic heterocycles. The first-order chi connectivity index (χ1) is 7.72. The summed E-state index contributed by atoms with van der Waals surface area (Å²) < 4.78 is 0. The normalized spacial score (nSPS) is 12.5. The maximum atomic E-state index is 6.27. The van der Waals surface area contributed by atoms with E-state index in [1.165, 1.54) is 5.56 Å². The van der Waals surface area contributed by atoms with Crippen LogP contribution in [0.3, 0.4) is 0 Å². The number of hydrogen-bond donors (Lipinski definition) is 3. The molecule has 0 saturated heterocycles. The minimum atomic E-state index is 0.459. The van der Waals surface area contributed by atoms with Crippen molar-refractivity contribution in [2.24, 2.45) is 5.73 Å². The van der Waals surface area contributed by atoms with Crippen LogP contribution < -0.4 is 16.6 Å². The number of rotatable bonds is 6. The standard InChI is InChI=1S/C12H20ClN3/c1-3-9(6-7-14)11-5-4-10(16-15-2)8-12(11)13/h4-5,8-9,15-16H,3,6-7,14H2,1-2H3. The van der Waals surface area contributed by atoms with Gasteiger partial charge in [0.25, 0.3) is 0 Å². The molecule has 3 nitrogen and oxygen atoms in total. The first-order valence-electron chi connectivity index (χ1n) is 5.65. The van der Waals surface area contributed by atoms with Crippen molar-refractivity contribution in [1.82, 2.24) is 5.43 Å². The second-order valence-electron chi connectivity index (χ2n) is 3.79. The second kappa shape index (κ2) is 6.74. The molecule has 0 aliphatic carbocycles. The number of anilines is 1. The molecule has 1 unspecified atom stereocenters. The lowest BCUT2D eigenvalue weighted by molar-refractivity contribution is 0.614. The van der Waals surface area contributed by atoms with Gasteiger partial charge in [0, 0.05) is 12.1 Å². The minimum Gasteiger partial charge on any atom is -0.330 e. The summed E-state index contributed by atoms with van der Waals surface area (Å²) in [5.41, 5.74) is 13.6. The Balaban J connectivity index is 2.87. The van der Waals surface area contributed by atoms with Crippen LogP contribution in [0.1, 0.15) is 31.2 Å². The van der Waals surface area contributed by atoms with Gasteiger partial charge in [-0.25, -0.2) is 5.43 Å². The number of nitrogens with two attached hydrogens (primary N) is 1. The Labute approximate surface area is 102 Å². The molecule has 0 bridgehead atoms. The van der Waals surface area contributed by atoms with Gasteiger partial charge in [0.15, 0.2) is 0 Å². The van der Waals surface area contributed by atoms with Crippen LogP contribution in [0, 0.1) is 0 Å². The largest absolute Gasteiger partial charge is 0.330 e. The molecule has 0 spiro atoms. The van der Waals surface area contributed by atoms with Crippen LogP contribution in [0.4, 0.5) is 5.69 Å². The first kappa shape index (κ1) is 13.3. The highest BCUT2D eigenvalue weighted by molar-refractivity contribution is 6.31. The third-order valence-electron chi connectivity index (χ3n) is 2.72. The van der Waals surface area contributed by atoms with E-state index in [0.717, 1.165) is 23.6 Å². The van der Waals surface area contributed by atoms with Crippen LogP contribution >= 0.6 is 11.6 Å². The summed E-state index contributed by atoms with van der Waals surface area (Å²) in [7, 11) is 1.82. The molecule has 0 aliphatic heterocycles. The lowest BCUT2D eigenvalue weighted by Gasteiger charge is -2.17. The van der Waals surface area contributed by atoms with Gasteiger partial charge in [0.1, 0.15) is 0 Å². The van der Waals surface area contributed by atoms with Gasteiger partial charge < -0.3 is 11.2 Å². The summed E-state index contributed by atoms with van der Waals surface area (Å²) in [6.07, 6.45) is 2.05. The highest BCUT2D eigenvalue weighted by Gasteiger charge is 2.12. The Morgan fingerprint density at radius 3 is 2.69 bits per heavy atom. The smallest absolute Gasteiger partial charge is 0.0502 e. The highest BCUT2D eigenvalue weighted by atomic mass is 35.5. The number of benzene rings is 1. The fourth-order valence-electron chi connectivity index (χ4n) is 1.86. The lowest BCUT2D eigenvalue weighted by Crippen LogP contribution is -2.15. The molecule has 0 saturated carbocycles. The van der Waals surface area contributed by atoms with Gasteiger partial charge in [-0.1, -0.05) is 24.6 Å². The van der Waals surface area contributed by atoms with Crippen molar-refractivity contribution in [3.63, 3.8) is 0 Å². The molecule has 0 aliphatic rings. The van der Waals surface area contributed by atoms with Gasteiger partial charge in [0.05, 0.1) is 5.69 Å². The summed E-state index contributed by atoms with van der Waals surface area (Å²) in [4.78, 5) is 0. The third-order valence-corrected chi connectivity index (χ3v) is 3.04. The fourth-order valence-corrected chi connectivity index (χ4v) is 2.20. The van der Waals surface area contributed by atoms with E-state index in [1.54, 1.807) is 0 Å². The van der Waals surface area contributed by atoms with Crippen LogP contribution in [0.5, 0.6) is 0 Å². The average Bonchev–Trinajstić information content (AvgIpc) is 2.27. The molecule has 4 N–H and O–H groups in total. The topological polar surface area (TPSA) is 50.1 Å². The molecular formula is C12H20ClN3. The minimum absolute atomic E-state index is 0.459. The average molecular weight is 242 g/mol. The van der Waals surface area contributed by atoms with Crippen molar-refractivity contribution in [3.8, 4) is 0 Å². The molecule has 0 amide bonds. The Morgan fingerprint density at radius 1 is 1.44 bits per heavy atom. The Hall–Kier alpha value is -0.770. The maximum Gasteiger partial charge on any atom is 0.0502 e. The van der Waals surface area contributed by atoms with Crippen LogP contribution in [-0.4, -0.2) is 13.6 Å².